The Balaban J connectivity index is 1.44. The first-order chi connectivity index (χ1) is 14.7. The highest BCUT2D eigenvalue weighted by Crippen LogP contribution is 2.33. The Hall–Kier alpha value is -3.09. The van der Waals surface area contributed by atoms with Gasteiger partial charge in [-0.3, -0.25) is 0 Å². The van der Waals surface area contributed by atoms with E-state index in [4.69, 9.17) is 9.72 Å². The van der Waals surface area contributed by atoms with Gasteiger partial charge in [0.1, 0.15) is 17.1 Å². The number of hydrogen-bond donors (Lipinski definition) is 1. The number of rotatable bonds is 4. The summed E-state index contributed by atoms with van der Waals surface area (Å²) in [5, 5.41) is 3.22. The molecule has 2 aromatic heterocycles. The number of carbonyl (C=O) groups excluding carboxylic acids is 1. The molecule has 156 valence electrons. The van der Waals surface area contributed by atoms with Crippen molar-refractivity contribution in [2.24, 2.45) is 0 Å². The molecule has 3 heterocycles. The molecule has 2 aliphatic rings. The summed E-state index contributed by atoms with van der Waals surface area (Å²) in [6.07, 6.45) is 7.32. The van der Waals surface area contributed by atoms with Crippen LogP contribution < -0.4 is 10.1 Å². The molecule has 7 heteroatoms. The highest BCUT2D eigenvalue weighted by atomic mass is 16.5. The van der Waals surface area contributed by atoms with E-state index in [2.05, 4.69) is 14.9 Å². The van der Waals surface area contributed by atoms with Crippen LogP contribution in [0.2, 0.25) is 0 Å². The van der Waals surface area contributed by atoms with Crippen LogP contribution in [0.5, 0.6) is 5.75 Å². The first-order valence-electron chi connectivity index (χ1n) is 10.8. The smallest absolute Gasteiger partial charge is 0.317 e. The number of urea groups is 1. The van der Waals surface area contributed by atoms with Crippen LogP contribution in [-0.2, 0) is 0 Å². The molecule has 0 bridgehead atoms. The van der Waals surface area contributed by atoms with Crippen LogP contribution in [0.3, 0.4) is 0 Å². The van der Waals surface area contributed by atoms with Crippen LogP contribution in [0.4, 0.5) is 4.79 Å². The molecule has 0 radical (unpaired) electrons. The van der Waals surface area contributed by atoms with E-state index in [0.717, 1.165) is 54.1 Å². The summed E-state index contributed by atoms with van der Waals surface area (Å²) in [5.41, 5.74) is 2.76. The van der Waals surface area contributed by atoms with E-state index in [1.807, 2.05) is 41.3 Å². The Morgan fingerprint density at radius 2 is 1.93 bits per heavy atom. The van der Waals surface area contributed by atoms with Crippen LogP contribution in [0.1, 0.15) is 38.1 Å². The van der Waals surface area contributed by atoms with E-state index in [-0.39, 0.29) is 12.1 Å². The third-order valence-electron chi connectivity index (χ3n) is 6.30. The molecule has 0 spiro atoms. The second-order valence-electron chi connectivity index (χ2n) is 8.20. The van der Waals surface area contributed by atoms with Gasteiger partial charge in [0, 0.05) is 30.9 Å². The molecule has 1 aromatic carbocycles. The Bertz CT molecular complexity index is 1040. The Morgan fingerprint density at radius 1 is 1.13 bits per heavy atom. The summed E-state index contributed by atoms with van der Waals surface area (Å²) < 4.78 is 7.51. The average molecular weight is 406 g/mol. The maximum Gasteiger partial charge on any atom is 0.317 e. The molecule has 0 unspecified atom stereocenters. The van der Waals surface area contributed by atoms with Crippen LogP contribution in [0, 0.1) is 0 Å². The lowest BCUT2D eigenvalue weighted by Gasteiger charge is -2.21. The molecule has 2 fully saturated rings. The number of methoxy groups -OCH3 is 1. The minimum Gasteiger partial charge on any atom is -0.497 e. The fraction of sp³-hybridized carbons (Fsp3) is 0.435. The highest BCUT2D eigenvalue weighted by Gasteiger charge is 2.32. The van der Waals surface area contributed by atoms with Crippen LogP contribution in [0.15, 0.2) is 42.6 Å². The van der Waals surface area contributed by atoms with Crippen LogP contribution in [0.25, 0.3) is 22.6 Å². The van der Waals surface area contributed by atoms with E-state index in [9.17, 15) is 4.79 Å². The number of pyridine rings is 1. The van der Waals surface area contributed by atoms with Crippen molar-refractivity contribution in [3.8, 4) is 17.1 Å². The van der Waals surface area contributed by atoms with Gasteiger partial charge in [0.25, 0.3) is 0 Å². The minimum atomic E-state index is 0.0628. The number of benzene rings is 1. The molecule has 2 amide bonds. The molecule has 1 aliphatic heterocycles. The SMILES string of the molecule is COc1ccc(-c2nc3cccnc3n2[C@H]2CCN(C(=O)NC3CCCC3)C2)cc1. The van der Waals surface area contributed by atoms with E-state index in [1.54, 1.807) is 13.3 Å². The van der Waals surface area contributed by atoms with E-state index >= 15 is 0 Å². The second-order valence-corrected chi connectivity index (χ2v) is 8.20. The quantitative estimate of drug-likeness (QED) is 0.712. The topological polar surface area (TPSA) is 72.3 Å². The molecule has 1 atom stereocenters. The summed E-state index contributed by atoms with van der Waals surface area (Å²) in [6, 6.07) is 12.4. The van der Waals surface area contributed by atoms with Crippen LogP contribution >= 0.6 is 0 Å². The van der Waals surface area contributed by atoms with E-state index in [0.29, 0.717) is 12.6 Å². The van der Waals surface area contributed by atoms with Crippen molar-refractivity contribution in [1.82, 2.24) is 24.8 Å². The lowest BCUT2D eigenvalue weighted by Crippen LogP contribution is -2.43. The Morgan fingerprint density at radius 3 is 2.70 bits per heavy atom. The molecule has 5 rings (SSSR count). The molecule has 1 N–H and O–H groups in total. The molecule has 1 aliphatic carbocycles. The van der Waals surface area contributed by atoms with Gasteiger partial charge in [-0.05, 0) is 55.7 Å². The first kappa shape index (κ1) is 18.9. The minimum absolute atomic E-state index is 0.0628. The van der Waals surface area contributed by atoms with E-state index < -0.39 is 0 Å². The van der Waals surface area contributed by atoms with Crippen molar-refractivity contribution >= 4 is 17.2 Å². The van der Waals surface area contributed by atoms with Crippen molar-refractivity contribution < 1.29 is 9.53 Å². The molecule has 7 nitrogen and oxygen atoms in total. The van der Waals surface area contributed by atoms with Gasteiger partial charge in [-0.1, -0.05) is 12.8 Å². The third-order valence-corrected chi connectivity index (χ3v) is 6.30. The average Bonchev–Trinajstić information content (AvgIpc) is 3.53. The van der Waals surface area contributed by atoms with Gasteiger partial charge in [-0.15, -0.1) is 0 Å². The Labute approximate surface area is 176 Å². The van der Waals surface area contributed by atoms with Gasteiger partial charge in [-0.25, -0.2) is 14.8 Å². The number of fused-ring (bicyclic) bond motifs is 1. The standard InChI is InChI=1S/C23H27N5O2/c1-30-19-10-8-16(9-11-19)21-26-20-7-4-13-24-22(20)28(21)18-12-14-27(15-18)23(29)25-17-5-2-3-6-17/h4,7-11,13,17-18H,2-3,5-6,12,14-15H2,1H3,(H,25,29)/t18-/m0/s1. The number of carbonyl (C=O) groups is 1. The zero-order chi connectivity index (χ0) is 20.5. The monoisotopic (exact) mass is 405 g/mol. The fourth-order valence-corrected chi connectivity index (χ4v) is 4.69. The van der Waals surface area contributed by atoms with Crippen molar-refractivity contribution in [3.63, 3.8) is 0 Å². The van der Waals surface area contributed by atoms with Gasteiger partial charge in [0.15, 0.2) is 5.65 Å². The first-order valence-corrected chi connectivity index (χ1v) is 10.8. The van der Waals surface area contributed by atoms with Crippen LogP contribution in [-0.4, -0.2) is 51.7 Å². The van der Waals surface area contributed by atoms with Gasteiger partial charge >= 0.3 is 6.03 Å². The lowest BCUT2D eigenvalue weighted by atomic mass is 10.2. The fourth-order valence-electron chi connectivity index (χ4n) is 4.69. The zero-order valence-corrected chi connectivity index (χ0v) is 17.3. The number of ether oxygens (including phenoxy) is 1. The number of nitrogens with zero attached hydrogens (tertiary/aromatic N) is 4. The largest absolute Gasteiger partial charge is 0.497 e. The summed E-state index contributed by atoms with van der Waals surface area (Å²) in [6.45, 7) is 1.42. The third kappa shape index (κ3) is 3.49. The number of imidazole rings is 1. The maximum atomic E-state index is 12.8. The number of aromatic nitrogens is 3. The number of nitrogens with one attached hydrogen (secondary N) is 1. The van der Waals surface area contributed by atoms with Gasteiger partial charge in [-0.2, -0.15) is 0 Å². The normalized spacial score (nSPS) is 19.5. The molecule has 1 saturated heterocycles. The van der Waals surface area contributed by atoms with Crippen molar-refractivity contribution in [3.05, 3.63) is 42.6 Å². The summed E-state index contributed by atoms with van der Waals surface area (Å²) in [5.74, 6) is 1.70. The van der Waals surface area contributed by atoms with Crippen molar-refractivity contribution in [2.45, 2.75) is 44.2 Å². The molecule has 1 saturated carbocycles. The molecule has 30 heavy (non-hydrogen) atoms. The summed E-state index contributed by atoms with van der Waals surface area (Å²) in [7, 11) is 1.66. The van der Waals surface area contributed by atoms with Crippen molar-refractivity contribution in [1.29, 1.82) is 0 Å². The van der Waals surface area contributed by atoms with Gasteiger partial charge in [0.05, 0.1) is 13.2 Å². The lowest BCUT2D eigenvalue weighted by molar-refractivity contribution is 0.203. The van der Waals surface area contributed by atoms with Crippen molar-refractivity contribution in [2.75, 3.05) is 20.2 Å². The number of hydrogen-bond acceptors (Lipinski definition) is 4. The predicted octanol–water partition coefficient (Wildman–Crippen LogP) is 4.01. The molecular weight excluding hydrogens is 378 g/mol. The van der Waals surface area contributed by atoms with E-state index in [1.165, 1.54) is 12.8 Å². The predicted molar refractivity (Wildman–Crippen MR) is 116 cm³/mol. The number of likely N-dealkylation sites (tertiary alicyclic amines) is 1. The molecular formula is C23H27N5O2. The van der Waals surface area contributed by atoms with Gasteiger partial charge < -0.3 is 19.5 Å². The van der Waals surface area contributed by atoms with Gasteiger partial charge in [0.2, 0.25) is 0 Å². The Kier molecular flexibility index (Phi) is 5.02. The number of amides is 2. The summed E-state index contributed by atoms with van der Waals surface area (Å²) in [4.78, 5) is 24.2. The maximum absolute atomic E-state index is 12.8. The highest BCUT2D eigenvalue weighted by molar-refractivity contribution is 5.78. The zero-order valence-electron chi connectivity index (χ0n) is 17.3. The summed E-state index contributed by atoms with van der Waals surface area (Å²) >= 11 is 0. The molecule has 3 aromatic rings. The second kappa shape index (κ2) is 7.97.